The molecular weight excluding hydrogens is 160 g/mol. The smallest absolute Gasteiger partial charge is 0.223 e. The zero-order valence-corrected chi connectivity index (χ0v) is 7.14. The number of aromatic hydroxyl groups is 1. The Labute approximate surface area is 69.6 Å². The number of rotatable bonds is 3. The summed E-state index contributed by atoms with van der Waals surface area (Å²) in [5.41, 5.74) is 0. The predicted octanol–water partition coefficient (Wildman–Crippen LogP) is 1.47. The van der Waals surface area contributed by atoms with E-state index in [1.54, 1.807) is 11.5 Å². The second kappa shape index (κ2) is 3.39. The van der Waals surface area contributed by atoms with Gasteiger partial charge in [-0.05, 0) is 0 Å². The van der Waals surface area contributed by atoms with Gasteiger partial charge in [-0.25, -0.2) is 0 Å². The molecule has 1 heterocycles. The molecule has 4 heteroatoms. The van der Waals surface area contributed by atoms with Gasteiger partial charge in [0.1, 0.15) is 0 Å². The zero-order chi connectivity index (χ0) is 8.27. The standard InChI is InChI=1S/C7H10N2OS/c1-3-4-9(2)7-8-6(10)5-11-7/h3,5,10H,1,4H2,2H3. The summed E-state index contributed by atoms with van der Waals surface area (Å²) >= 11 is 1.41. The molecule has 0 saturated carbocycles. The third-order valence-corrected chi connectivity index (χ3v) is 2.15. The Morgan fingerprint density at radius 3 is 3.09 bits per heavy atom. The minimum atomic E-state index is 0.0842. The molecule has 1 aromatic heterocycles. The zero-order valence-electron chi connectivity index (χ0n) is 6.32. The van der Waals surface area contributed by atoms with Crippen molar-refractivity contribution in [3.8, 4) is 5.88 Å². The highest BCUT2D eigenvalue weighted by Crippen LogP contribution is 2.22. The molecule has 0 atom stereocenters. The Morgan fingerprint density at radius 1 is 1.91 bits per heavy atom. The number of aromatic nitrogens is 1. The van der Waals surface area contributed by atoms with Crippen molar-refractivity contribution in [1.82, 2.24) is 4.98 Å². The molecule has 1 N–H and O–H groups in total. The summed E-state index contributed by atoms with van der Waals surface area (Å²) < 4.78 is 0. The summed E-state index contributed by atoms with van der Waals surface area (Å²) in [7, 11) is 1.90. The van der Waals surface area contributed by atoms with Crippen molar-refractivity contribution in [3.63, 3.8) is 0 Å². The monoisotopic (exact) mass is 170 g/mol. The molecule has 3 nitrogen and oxygen atoms in total. The molecule has 0 aliphatic rings. The number of anilines is 1. The third kappa shape index (κ3) is 1.94. The summed E-state index contributed by atoms with van der Waals surface area (Å²) in [6, 6.07) is 0. The summed E-state index contributed by atoms with van der Waals surface area (Å²) in [6.45, 7) is 4.35. The van der Waals surface area contributed by atoms with Crippen LogP contribution in [-0.4, -0.2) is 23.7 Å². The lowest BCUT2D eigenvalue weighted by atomic mass is 10.6. The summed E-state index contributed by atoms with van der Waals surface area (Å²) in [5.74, 6) is 0.0842. The van der Waals surface area contributed by atoms with E-state index >= 15 is 0 Å². The Morgan fingerprint density at radius 2 is 2.64 bits per heavy atom. The second-order valence-corrected chi connectivity index (χ2v) is 2.99. The molecule has 0 spiro atoms. The van der Waals surface area contributed by atoms with E-state index in [9.17, 15) is 0 Å². The minimum absolute atomic E-state index is 0.0842. The first-order valence-corrected chi connectivity index (χ1v) is 4.08. The average Bonchev–Trinajstić information content (AvgIpc) is 2.36. The lowest BCUT2D eigenvalue weighted by molar-refractivity contribution is 0.457. The van der Waals surface area contributed by atoms with Crippen LogP contribution in [0, 0.1) is 0 Å². The maximum atomic E-state index is 8.92. The molecule has 0 aliphatic heterocycles. The van der Waals surface area contributed by atoms with Gasteiger partial charge in [0.2, 0.25) is 5.88 Å². The Bertz CT molecular complexity index is 246. The molecule has 1 rings (SSSR count). The van der Waals surface area contributed by atoms with Crippen molar-refractivity contribution in [2.24, 2.45) is 0 Å². The van der Waals surface area contributed by atoms with Crippen molar-refractivity contribution in [2.75, 3.05) is 18.5 Å². The molecule has 0 radical (unpaired) electrons. The molecule has 0 saturated heterocycles. The second-order valence-electron chi connectivity index (χ2n) is 2.16. The highest BCUT2D eigenvalue weighted by molar-refractivity contribution is 7.13. The lowest BCUT2D eigenvalue weighted by Crippen LogP contribution is -2.15. The Hall–Kier alpha value is -1.03. The van der Waals surface area contributed by atoms with Crippen LogP contribution in [-0.2, 0) is 0 Å². The average molecular weight is 170 g/mol. The molecule has 60 valence electrons. The predicted molar refractivity (Wildman–Crippen MR) is 47.2 cm³/mol. The van der Waals surface area contributed by atoms with Crippen LogP contribution in [0.4, 0.5) is 5.13 Å². The SMILES string of the molecule is C=CCN(C)c1nc(O)cs1. The van der Waals surface area contributed by atoms with Crippen LogP contribution in [0.5, 0.6) is 5.88 Å². The van der Waals surface area contributed by atoms with E-state index in [1.165, 1.54) is 11.3 Å². The summed E-state index contributed by atoms with van der Waals surface area (Å²) in [6.07, 6.45) is 1.79. The molecule has 0 amide bonds. The molecule has 0 aliphatic carbocycles. The van der Waals surface area contributed by atoms with Gasteiger partial charge in [0.05, 0.1) is 5.38 Å². The summed E-state index contributed by atoms with van der Waals surface area (Å²) in [4.78, 5) is 5.80. The Kier molecular flexibility index (Phi) is 2.48. The molecule has 11 heavy (non-hydrogen) atoms. The van der Waals surface area contributed by atoms with Gasteiger partial charge in [0.15, 0.2) is 5.13 Å². The fourth-order valence-corrected chi connectivity index (χ4v) is 1.37. The first-order valence-electron chi connectivity index (χ1n) is 3.20. The van der Waals surface area contributed by atoms with Crippen LogP contribution in [0.25, 0.3) is 0 Å². The first kappa shape index (κ1) is 8.07. The molecule has 0 bridgehead atoms. The number of likely N-dealkylation sites (N-methyl/N-ethyl adjacent to an activating group) is 1. The van der Waals surface area contributed by atoms with Crippen LogP contribution in [0.15, 0.2) is 18.0 Å². The van der Waals surface area contributed by atoms with Crippen molar-refractivity contribution in [2.45, 2.75) is 0 Å². The molecular formula is C7H10N2OS. The van der Waals surface area contributed by atoms with Crippen molar-refractivity contribution in [1.29, 1.82) is 0 Å². The van der Waals surface area contributed by atoms with Gasteiger partial charge in [-0.1, -0.05) is 6.08 Å². The largest absolute Gasteiger partial charge is 0.493 e. The number of thiazole rings is 1. The first-order chi connectivity index (χ1) is 5.24. The highest BCUT2D eigenvalue weighted by atomic mass is 32.1. The van der Waals surface area contributed by atoms with Crippen molar-refractivity contribution < 1.29 is 5.11 Å². The summed E-state index contributed by atoms with van der Waals surface area (Å²) in [5, 5.41) is 11.3. The maximum Gasteiger partial charge on any atom is 0.223 e. The van der Waals surface area contributed by atoms with Crippen LogP contribution in [0.3, 0.4) is 0 Å². The molecule has 0 unspecified atom stereocenters. The van der Waals surface area contributed by atoms with Gasteiger partial charge >= 0.3 is 0 Å². The lowest BCUT2D eigenvalue weighted by Gasteiger charge is -2.11. The molecule has 0 fully saturated rings. The van der Waals surface area contributed by atoms with E-state index in [1.807, 2.05) is 11.9 Å². The van der Waals surface area contributed by atoms with E-state index < -0.39 is 0 Å². The number of hydrogen-bond donors (Lipinski definition) is 1. The highest BCUT2D eigenvalue weighted by Gasteiger charge is 2.03. The maximum absolute atomic E-state index is 8.92. The fraction of sp³-hybridized carbons (Fsp3) is 0.286. The molecule has 1 aromatic rings. The quantitative estimate of drug-likeness (QED) is 0.698. The molecule has 0 aromatic carbocycles. The van der Waals surface area contributed by atoms with Gasteiger partial charge in [-0.3, -0.25) is 0 Å². The van der Waals surface area contributed by atoms with E-state index in [-0.39, 0.29) is 5.88 Å². The van der Waals surface area contributed by atoms with Gasteiger partial charge in [0, 0.05) is 13.6 Å². The normalized spacial score (nSPS) is 9.55. The van der Waals surface area contributed by atoms with E-state index in [4.69, 9.17) is 5.11 Å². The van der Waals surface area contributed by atoms with Gasteiger partial charge in [-0.2, -0.15) is 4.98 Å². The number of nitrogens with zero attached hydrogens (tertiary/aromatic N) is 2. The van der Waals surface area contributed by atoms with Crippen molar-refractivity contribution in [3.05, 3.63) is 18.0 Å². The van der Waals surface area contributed by atoms with E-state index in [0.717, 1.165) is 11.7 Å². The van der Waals surface area contributed by atoms with Crippen LogP contribution < -0.4 is 4.90 Å². The third-order valence-electron chi connectivity index (χ3n) is 1.21. The van der Waals surface area contributed by atoms with Crippen LogP contribution in [0.1, 0.15) is 0 Å². The van der Waals surface area contributed by atoms with Gasteiger partial charge < -0.3 is 10.0 Å². The van der Waals surface area contributed by atoms with Gasteiger partial charge in [-0.15, -0.1) is 17.9 Å². The number of hydrogen-bond acceptors (Lipinski definition) is 4. The van der Waals surface area contributed by atoms with E-state index in [0.29, 0.717) is 0 Å². The Balaban J connectivity index is 2.67. The topological polar surface area (TPSA) is 36.4 Å². The van der Waals surface area contributed by atoms with E-state index in [2.05, 4.69) is 11.6 Å². The van der Waals surface area contributed by atoms with Gasteiger partial charge in [0.25, 0.3) is 0 Å². The van der Waals surface area contributed by atoms with Crippen molar-refractivity contribution >= 4 is 16.5 Å². The fourth-order valence-electron chi connectivity index (χ4n) is 0.703. The van der Waals surface area contributed by atoms with Crippen LogP contribution in [0.2, 0.25) is 0 Å². The van der Waals surface area contributed by atoms with Crippen LogP contribution >= 0.6 is 11.3 Å². The minimum Gasteiger partial charge on any atom is -0.493 e.